The van der Waals surface area contributed by atoms with Crippen LogP contribution in [-0.2, 0) is 13.1 Å². The highest BCUT2D eigenvalue weighted by Crippen LogP contribution is 2.18. The molecule has 26 heavy (non-hydrogen) atoms. The first kappa shape index (κ1) is 18.0. The number of nitrogens with zero attached hydrogens (tertiary/aromatic N) is 1. The SMILES string of the molecule is O=C(O)NCCCN(Cc1ccccc1)Cc1ccc2ccccc2c1. The zero-order valence-electron chi connectivity index (χ0n) is 14.8. The molecule has 0 unspecified atom stereocenters. The van der Waals surface area contributed by atoms with Gasteiger partial charge in [-0.15, -0.1) is 0 Å². The first-order chi connectivity index (χ1) is 12.7. The highest BCUT2D eigenvalue weighted by molar-refractivity contribution is 5.82. The number of amides is 1. The summed E-state index contributed by atoms with van der Waals surface area (Å²) >= 11 is 0. The van der Waals surface area contributed by atoms with Crippen molar-refractivity contribution in [2.75, 3.05) is 13.1 Å². The molecule has 0 saturated carbocycles. The van der Waals surface area contributed by atoms with Crippen LogP contribution in [0.4, 0.5) is 4.79 Å². The van der Waals surface area contributed by atoms with E-state index in [1.54, 1.807) is 0 Å². The Bertz CT molecular complexity index is 849. The molecule has 0 radical (unpaired) electrons. The van der Waals surface area contributed by atoms with Crippen LogP contribution in [0.25, 0.3) is 10.8 Å². The lowest BCUT2D eigenvalue weighted by Gasteiger charge is -2.23. The Balaban J connectivity index is 1.69. The van der Waals surface area contributed by atoms with Gasteiger partial charge < -0.3 is 10.4 Å². The van der Waals surface area contributed by atoms with Gasteiger partial charge in [-0.1, -0.05) is 66.7 Å². The quantitative estimate of drug-likeness (QED) is 0.589. The standard InChI is InChI=1S/C22H24N2O2/c25-22(26)23-13-6-14-24(16-18-7-2-1-3-8-18)17-19-11-12-20-9-4-5-10-21(20)15-19/h1-5,7-12,15,23H,6,13-14,16-17H2,(H,25,26). The summed E-state index contributed by atoms with van der Waals surface area (Å²) in [6, 6.07) is 25.3. The van der Waals surface area contributed by atoms with Crippen LogP contribution in [-0.4, -0.2) is 29.2 Å². The van der Waals surface area contributed by atoms with Crippen LogP contribution in [0.1, 0.15) is 17.5 Å². The first-order valence-electron chi connectivity index (χ1n) is 8.91. The van der Waals surface area contributed by atoms with E-state index in [0.29, 0.717) is 6.54 Å². The molecule has 3 aromatic carbocycles. The van der Waals surface area contributed by atoms with Gasteiger partial charge in [0.05, 0.1) is 0 Å². The maximum atomic E-state index is 10.6. The molecule has 0 saturated heterocycles. The number of carboxylic acid groups (broad SMARTS) is 1. The van der Waals surface area contributed by atoms with Crippen LogP contribution in [0.5, 0.6) is 0 Å². The Kier molecular flexibility index (Phi) is 6.23. The van der Waals surface area contributed by atoms with Gasteiger partial charge in [-0.05, 0) is 34.4 Å². The summed E-state index contributed by atoms with van der Waals surface area (Å²) < 4.78 is 0. The Morgan fingerprint density at radius 2 is 1.54 bits per heavy atom. The molecule has 0 aliphatic carbocycles. The van der Waals surface area contributed by atoms with Gasteiger partial charge >= 0.3 is 6.09 Å². The third kappa shape index (κ3) is 5.33. The van der Waals surface area contributed by atoms with Crippen LogP contribution >= 0.6 is 0 Å². The van der Waals surface area contributed by atoms with Crippen molar-refractivity contribution < 1.29 is 9.90 Å². The van der Waals surface area contributed by atoms with Crippen LogP contribution in [0.15, 0.2) is 72.8 Å². The second kappa shape index (κ2) is 9.02. The zero-order chi connectivity index (χ0) is 18.2. The summed E-state index contributed by atoms with van der Waals surface area (Å²) in [5, 5.41) is 13.7. The van der Waals surface area contributed by atoms with Gasteiger partial charge in [0, 0.05) is 26.2 Å². The zero-order valence-corrected chi connectivity index (χ0v) is 14.8. The lowest BCUT2D eigenvalue weighted by atomic mass is 10.1. The van der Waals surface area contributed by atoms with E-state index in [-0.39, 0.29) is 0 Å². The fourth-order valence-electron chi connectivity index (χ4n) is 3.15. The molecule has 0 heterocycles. The van der Waals surface area contributed by atoms with Crippen LogP contribution in [0.2, 0.25) is 0 Å². The van der Waals surface area contributed by atoms with Crippen molar-refractivity contribution in [1.29, 1.82) is 0 Å². The lowest BCUT2D eigenvalue weighted by Crippen LogP contribution is -2.28. The molecule has 3 rings (SSSR count). The van der Waals surface area contributed by atoms with Crippen molar-refractivity contribution in [3.63, 3.8) is 0 Å². The van der Waals surface area contributed by atoms with Crippen molar-refractivity contribution >= 4 is 16.9 Å². The summed E-state index contributed by atoms with van der Waals surface area (Å²) in [5.41, 5.74) is 2.53. The molecule has 4 heteroatoms. The number of fused-ring (bicyclic) bond motifs is 1. The van der Waals surface area contributed by atoms with E-state index in [0.717, 1.165) is 26.1 Å². The summed E-state index contributed by atoms with van der Waals surface area (Å²) in [4.78, 5) is 13.0. The van der Waals surface area contributed by atoms with Gasteiger partial charge in [-0.3, -0.25) is 4.90 Å². The van der Waals surface area contributed by atoms with Crippen molar-refractivity contribution in [3.8, 4) is 0 Å². The van der Waals surface area contributed by atoms with Gasteiger partial charge in [-0.2, -0.15) is 0 Å². The second-order valence-electron chi connectivity index (χ2n) is 6.46. The van der Waals surface area contributed by atoms with Crippen LogP contribution < -0.4 is 5.32 Å². The Morgan fingerprint density at radius 1 is 0.846 bits per heavy atom. The van der Waals surface area contributed by atoms with Crippen molar-refractivity contribution in [3.05, 3.63) is 83.9 Å². The fraction of sp³-hybridized carbons (Fsp3) is 0.227. The molecule has 0 spiro atoms. The lowest BCUT2D eigenvalue weighted by molar-refractivity contribution is 0.192. The monoisotopic (exact) mass is 348 g/mol. The minimum absolute atomic E-state index is 0.471. The molecule has 0 fully saturated rings. The summed E-state index contributed by atoms with van der Waals surface area (Å²) in [5.74, 6) is 0. The molecule has 0 aliphatic rings. The minimum Gasteiger partial charge on any atom is -0.465 e. The molecule has 1 amide bonds. The van der Waals surface area contributed by atoms with Gasteiger partial charge in [0.25, 0.3) is 0 Å². The fourth-order valence-corrected chi connectivity index (χ4v) is 3.15. The maximum Gasteiger partial charge on any atom is 0.404 e. The largest absolute Gasteiger partial charge is 0.465 e. The predicted molar refractivity (Wildman–Crippen MR) is 105 cm³/mol. The van der Waals surface area contributed by atoms with Gasteiger partial charge in [0.2, 0.25) is 0 Å². The normalized spacial score (nSPS) is 11.0. The molecule has 4 nitrogen and oxygen atoms in total. The molecule has 0 bridgehead atoms. The van der Waals surface area contributed by atoms with E-state index in [1.807, 2.05) is 6.07 Å². The molecule has 0 aromatic heterocycles. The third-order valence-corrected chi connectivity index (χ3v) is 4.40. The topological polar surface area (TPSA) is 52.6 Å². The van der Waals surface area contributed by atoms with E-state index >= 15 is 0 Å². The predicted octanol–water partition coefficient (Wildman–Crippen LogP) is 4.50. The highest BCUT2D eigenvalue weighted by atomic mass is 16.4. The van der Waals surface area contributed by atoms with Crippen molar-refractivity contribution in [2.24, 2.45) is 0 Å². The Labute approximate surface area is 154 Å². The van der Waals surface area contributed by atoms with Gasteiger partial charge in [0.15, 0.2) is 0 Å². The van der Waals surface area contributed by atoms with Crippen LogP contribution in [0.3, 0.4) is 0 Å². The van der Waals surface area contributed by atoms with Crippen molar-refractivity contribution in [1.82, 2.24) is 10.2 Å². The van der Waals surface area contributed by atoms with Gasteiger partial charge in [-0.25, -0.2) is 4.79 Å². The molecule has 0 aliphatic heterocycles. The van der Waals surface area contributed by atoms with E-state index in [1.165, 1.54) is 21.9 Å². The maximum absolute atomic E-state index is 10.6. The van der Waals surface area contributed by atoms with Crippen LogP contribution in [0, 0.1) is 0 Å². The number of benzene rings is 3. The second-order valence-corrected chi connectivity index (χ2v) is 6.46. The summed E-state index contributed by atoms with van der Waals surface area (Å²) in [6.07, 6.45) is -0.179. The highest BCUT2D eigenvalue weighted by Gasteiger charge is 2.08. The summed E-state index contributed by atoms with van der Waals surface area (Å²) in [6.45, 7) is 2.99. The molecule has 3 aromatic rings. The number of rotatable bonds is 8. The Hall–Kier alpha value is -2.85. The van der Waals surface area contributed by atoms with Gasteiger partial charge in [0.1, 0.15) is 0 Å². The number of hydrogen-bond donors (Lipinski definition) is 2. The molecule has 0 atom stereocenters. The van der Waals surface area contributed by atoms with E-state index in [2.05, 4.69) is 76.9 Å². The minimum atomic E-state index is -0.964. The number of carbonyl (C=O) groups is 1. The molecular weight excluding hydrogens is 324 g/mol. The molecular formula is C22H24N2O2. The first-order valence-corrected chi connectivity index (χ1v) is 8.91. The number of hydrogen-bond acceptors (Lipinski definition) is 2. The Morgan fingerprint density at radius 3 is 2.31 bits per heavy atom. The van der Waals surface area contributed by atoms with E-state index in [9.17, 15) is 4.79 Å². The smallest absolute Gasteiger partial charge is 0.404 e. The average Bonchev–Trinajstić information content (AvgIpc) is 2.66. The summed E-state index contributed by atoms with van der Waals surface area (Å²) in [7, 11) is 0. The van der Waals surface area contributed by atoms with E-state index in [4.69, 9.17) is 5.11 Å². The molecule has 2 N–H and O–H groups in total. The molecule has 134 valence electrons. The average molecular weight is 348 g/mol. The van der Waals surface area contributed by atoms with E-state index < -0.39 is 6.09 Å². The van der Waals surface area contributed by atoms with Crippen molar-refractivity contribution in [2.45, 2.75) is 19.5 Å². The number of nitrogens with one attached hydrogen (secondary N) is 1. The third-order valence-electron chi connectivity index (χ3n) is 4.40.